The smallest absolute Gasteiger partial charge is 0.550 e. The maximum absolute atomic E-state index is 9.86. The van der Waals surface area contributed by atoms with Crippen molar-refractivity contribution in [1.29, 1.82) is 0 Å². The molecule has 0 heterocycles. The summed E-state index contributed by atoms with van der Waals surface area (Å²) in [5.74, 6) is -8.26. The largest absolute Gasteiger partial charge is 3.00 e. The second-order valence-electron chi connectivity index (χ2n) is 5.51. The van der Waals surface area contributed by atoms with E-state index in [1.54, 1.807) is 0 Å². The van der Waals surface area contributed by atoms with Crippen LogP contribution < -0.4 is 47.8 Å². The Labute approximate surface area is 220 Å². The van der Waals surface area contributed by atoms with Gasteiger partial charge < -0.3 is 76.6 Å². The van der Waals surface area contributed by atoms with Crippen LogP contribution in [0.3, 0.4) is 0 Å². The van der Waals surface area contributed by atoms with Gasteiger partial charge in [0.1, 0.15) is 0 Å². The molecule has 0 spiro atoms. The molecule has 6 N–H and O–H groups in total. The zero-order valence-electron chi connectivity index (χ0n) is 16.5. The third kappa shape index (κ3) is 33.1. The summed E-state index contributed by atoms with van der Waals surface area (Å²) < 4.78 is 0. The van der Waals surface area contributed by atoms with Crippen molar-refractivity contribution in [3.8, 4) is 0 Å². The molecule has 0 rings (SSSR count). The number of nitrogens with two attached hydrogens (primary N) is 3. The molecule has 0 saturated carbocycles. The Morgan fingerprint density at radius 2 is 0.625 bits per heavy atom. The monoisotopic (exact) mass is 853 g/mol. The third-order valence-electron chi connectivity index (χ3n) is 2.89. The zero-order chi connectivity index (χ0) is 24.4. The first kappa shape index (κ1) is 40.8. The number of carbonyl (C=O) groups is 6. The van der Waals surface area contributed by atoms with E-state index < -0.39 is 53.9 Å². The number of hydrogen-bond acceptors (Lipinski definition) is 15. The molecule has 0 aromatic rings. The van der Waals surface area contributed by atoms with Gasteiger partial charge in [0.2, 0.25) is 0 Å². The minimum atomic E-state index is -1.44. The average Bonchev–Trinajstić information content (AvgIpc) is 2.62. The molecule has 0 amide bonds. The molecular weight excluding hydrogens is 832 g/mol. The van der Waals surface area contributed by atoms with Gasteiger partial charge in [-0.05, 0) is 38.5 Å². The molecule has 0 fully saturated rings. The van der Waals surface area contributed by atoms with E-state index in [0.29, 0.717) is 0 Å². The molecule has 0 bridgehead atoms. The molecular formula is C15H21Bi2N3O12. The Balaban J connectivity index is -0.000000110. The van der Waals surface area contributed by atoms with Crippen LogP contribution in [0.25, 0.3) is 0 Å². The third-order valence-corrected chi connectivity index (χ3v) is 2.89. The Morgan fingerprint density at radius 3 is 0.719 bits per heavy atom. The molecule has 0 aromatic carbocycles. The van der Waals surface area contributed by atoms with E-state index in [1.807, 2.05) is 0 Å². The number of carboxylic acid groups (broad SMARTS) is 6. The molecule has 0 aliphatic rings. The van der Waals surface area contributed by atoms with Gasteiger partial charge in [-0.15, -0.1) is 0 Å². The van der Waals surface area contributed by atoms with Crippen LogP contribution in [0.2, 0.25) is 0 Å². The molecule has 0 aliphatic carbocycles. The van der Waals surface area contributed by atoms with Gasteiger partial charge in [-0.25, -0.2) is 0 Å². The first-order valence-electron chi connectivity index (χ1n) is 8.10. The minimum absolute atomic E-state index is 0. The quantitative estimate of drug-likeness (QED) is 0.154. The summed E-state index contributed by atoms with van der Waals surface area (Å²) in [4.78, 5) is 58.8. The van der Waals surface area contributed by atoms with Crippen molar-refractivity contribution in [2.75, 3.05) is 0 Å². The summed E-state index contributed by atoms with van der Waals surface area (Å²) in [6.07, 6.45) is -1.50. The number of carbonyl (C=O) groups excluding carboxylic acids is 6. The van der Waals surface area contributed by atoms with Crippen LogP contribution in [-0.4, -0.2) is 106 Å². The van der Waals surface area contributed by atoms with Crippen molar-refractivity contribution in [2.24, 2.45) is 17.2 Å². The van der Waals surface area contributed by atoms with Crippen molar-refractivity contribution in [3.05, 3.63) is 0 Å². The van der Waals surface area contributed by atoms with Gasteiger partial charge in [-0.1, -0.05) is 0 Å². The van der Waals surface area contributed by atoms with Crippen molar-refractivity contribution >= 4 is 88.2 Å². The van der Waals surface area contributed by atoms with Crippen LogP contribution in [0, 0.1) is 0 Å². The second-order valence-corrected chi connectivity index (χ2v) is 5.51. The first-order valence-corrected chi connectivity index (χ1v) is 8.10. The molecule has 0 unspecified atom stereocenters. The van der Waals surface area contributed by atoms with Crippen molar-refractivity contribution in [3.63, 3.8) is 0 Å². The molecule has 178 valence electrons. The standard InChI is InChI=1S/3C5H9NO4.2Bi/c3*6-3(5(9)10)1-2-4(7)8;;/h3*3H,1-2,6H2,(H,7,8)(H,9,10);;/q;;;2*+3/p-6/t3*3-;;/m000../s1. The molecule has 32 heavy (non-hydrogen) atoms. The second kappa shape index (κ2) is 24.1. The molecule has 17 heteroatoms. The summed E-state index contributed by atoms with van der Waals surface area (Å²) in [6.45, 7) is 0. The number of hydrogen-bond donors (Lipinski definition) is 3. The summed E-state index contributed by atoms with van der Waals surface area (Å²) in [7, 11) is 0. The Morgan fingerprint density at radius 1 is 0.469 bits per heavy atom. The maximum atomic E-state index is 9.86. The van der Waals surface area contributed by atoms with Crippen molar-refractivity contribution < 1.29 is 59.4 Å². The molecule has 0 saturated heterocycles. The van der Waals surface area contributed by atoms with Crippen molar-refractivity contribution in [1.82, 2.24) is 0 Å². The topological polar surface area (TPSA) is 319 Å². The van der Waals surface area contributed by atoms with Crippen LogP contribution in [0.1, 0.15) is 38.5 Å². The fraction of sp³-hybridized carbons (Fsp3) is 0.600. The van der Waals surface area contributed by atoms with E-state index in [1.165, 1.54) is 0 Å². The van der Waals surface area contributed by atoms with Gasteiger partial charge in [0.25, 0.3) is 0 Å². The SMILES string of the molecule is N[C@@H](CCC(=O)[O-])C(=O)[O-].N[C@@H](CCC(=O)[O-])C(=O)[O-].N[C@@H](CCC(=O)[O-])C(=O)[O-].[Bi+3].[Bi+3]. The molecule has 0 aromatic heterocycles. The number of aliphatic carboxylic acids is 6. The van der Waals surface area contributed by atoms with E-state index in [4.69, 9.17) is 17.2 Å². The Hall–Kier alpha value is -1.53. The summed E-state index contributed by atoms with van der Waals surface area (Å²) in [5, 5.41) is 58.8. The summed E-state index contributed by atoms with van der Waals surface area (Å²) >= 11 is 0. The molecule has 3 atom stereocenters. The Bertz CT molecular complexity index is 525. The fourth-order valence-corrected chi connectivity index (χ4v) is 1.17. The van der Waals surface area contributed by atoms with E-state index >= 15 is 0 Å². The van der Waals surface area contributed by atoms with Gasteiger partial charge in [-0.2, -0.15) is 0 Å². The maximum Gasteiger partial charge on any atom is 3.00 e. The van der Waals surface area contributed by atoms with E-state index in [0.717, 1.165) is 0 Å². The average molecular weight is 853 g/mol. The fourth-order valence-electron chi connectivity index (χ4n) is 1.17. The molecule has 15 nitrogen and oxygen atoms in total. The Kier molecular flexibility index (Phi) is 30.7. The predicted molar refractivity (Wildman–Crippen MR) is 93.2 cm³/mol. The summed E-state index contributed by atoms with van der Waals surface area (Å²) in [6, 6.07) is -3.63. The van der Waals surface area contributed by atoms with Crippen LogP contribution in [0.4, 0.5) is 0 Å². The number of carboxylic acids is 6. The minimum Gasteiger partial charge on any atom is -0.550 e. The van der Waals surface area contributed by atoms with Gasteiger partial charge in [0.15, 0.2) is 0 Å². The zero-order valence-corrected chi connectivity index (χ0v) is 23.5. The van der Waals surface area contributed by atoms with Crippen LogP contribution in [-0.2, 0) is 28.8 Å². The van der Waals surface area contributed by atoms with E-state index in [2.05, 4.69) is 0 Å². The van der Waals surface area contributed by atoms with Gasteiger partial charge in [-0.3, -0.25) is 0 Å². The van der Waals surface area contributed by atoms with Gasteiger partial charge in [0.05, 0.1) is 17.9 Å². The molecule has 0 aliphatic heterocycles. The van der Waals surface area contributed by atoms with Crippen LogP contribution >= 0.6 is 0 Å². The van der Waals surface area contributed by atoms with Gasteiger partial charge >= 0.3 is 52.4 Å². The van der Waals surface area contributed by atoms with Crippen LogP contribution in [0.15, 0.2) is 0 Å². The van der Waals surface area contributed by atoms with E-state index in [9.17, 15) is 59.4 Å². The summed E-state index contributed by atoms with van der Waals surface area (Å²) in [5.41, 5.74) is 14.7. The molecule has 4 radical (unpaired) electrons. The normalized spacial score (nSPS) is 11.7. The van der Waals surface area contributed by atoms with Crippen molar-refractivity contribution in [2.45, 2.75) is 56.7 Å². The first-order chi connectivity index (χ1) is 13.6. The predicted octanol–water partition coefficient (Wildman–Crippen LogP) is -11.0. The number of rotatable bonds is 12. The van der Waals surface area contributed by atoms with Gasteiger partial charge in [0, 0.05) is 36.0 Å². The van der Waals surface area contributed by atoms with E-state index in [-0.39, 0.29) is 90.9 Å². The van der Waals surface area contributed by atoms with Crippen LogP contribution in [0.5, 0.6) is 0 Å².